The molecular formula is C13H22N2O7P2. The number of likely N-dealkylation sites (tertiary alicyclic amines) is 1. The molecule has 2 rings (SSSR count). The zero-order valence-corrected chi connectivity index (χ0v) is 14.8. The van der Waals surface area contributed by atoms with E-state index in [4.69, 9.17) is 19.6 Å². The lowest BCUT2D eigenvalue weighted by atomic mass is 9.90. The van der Waals surface area contributed by atoms with Crippen molar-refractivity contribution in [3.63, 3.8) is 0 Å². The van der Waals surface area contributed by atoms with E-state index in [1.165, 1.54) is 5.56 Å². The number of nitrogens with zero attached hydrogens (tertiary/aromatic N) is 2. The van der Waals surface area contributed by atoms with Crippen LogP contribution in [0.1, 0.15) is 30.7 Å². The molecule has 24 heavy (non-hydrogen) atoms. The zero-order valence-electron chi connectivity index (χ0n) is 13.0. The fourth-order valence-electron chi connectivity index (χ4n) is 2.89. The van der Waals surface area contributed by atoms with Gasteiger partial charge in [-0.05, 0) is 49.5 Å². The van der Waals surface area contributed by atoms with E-state index in [1.807, 2.05) is 17.0 Å². The first kappa shape index (κ1) is 19.7. The number of rotatable bonds is 6. The summed E-state index contributed by atoms with van der Waals surface area (Å²) in [6.07, 6.45) is 4.38. The maximum Gasteiger partial charge on any atom is 0.369 e. The molecule has 0 unspecified atom stereocenters. The molecule has 11 heteroatoms. The van der Waals surface area contributed by atoms with Crippen LogP contribution in [0.4, 0.5) is 0 Å². The van der Waals surface area contributed by atoms with Gasteiger partial charge < -0.3 is 29.6 Å². The van der Waals surface area contributed by atoms with Crippen LogP contribution in [0, 0.1) is 0 Å². The van der Waals surface area contributed by atoms with Crippen molar-refractivity contribution >= 4 is 15.2 Å². The summed E-state index contributed by atoms with van der Waals surface area (Å²) in [6.45, 7) is 1.23. The third-order valence-corrected chi connectivity index (χ3v) is 8.34. The molecule has 0 saturated carbocycles. The number of pyridine rings is 1. The highest BCUT2D eigenvalue weighted by Gasteiger charge is 2.59. The molecule has 1 saturated heterocycles. The molecular weight excluding hydrogens is 358 g/mol. The summed E-state index contributed by atoms with van der Waals surface area (Å²) in [5.41, 5.74) is 1.17. The first-order valence-electron chi connectivity index (χ1n) is 7.50. The zero-order chi connectivity index (χ0) is 18.0. The minimum Gasteiger partial charge on any atom is -0.367 e. The Morgan fingerprint density at radius 2 is 1.58 bits per heavy atom. The Balaban J connectivity index is 1.94. The Morgan fingerprint density at radius 3 is 2.04 bits per heavy atom. The van der Waals surface area contributed by atoms with Crippen molar-refractivity contribution in [1.82, 2.24) is 9.88 Å². The molecule has 1 aliphatic heterocycles. The molecule has 2 heterocycles. The molecule has 0 aliphatic carbocycles. The largest absolute Gasteiger partial charge is 0.369 e. The third kappa shape index (κ3) is 4.31. The normalized spacial score (nSPS) is 18.7. The van der Waals surface area contributed by atoms with E-state index in [0.717, 1.165) is 12.8 Å². The van der Waals surface area contributed by atoms with Crippen LogP contribution in [0.25, 0.3) is 0 Å². The molecule has 1 aromatic rings. The topological polar surface area (TPSA) is 151 Å². The first-order valence-corrected chi connectivity index (χ1v) is 10.7. The van der Waals surface area contributed by atoms with Crippen LogP contribution in [0.5, 0.6) is 0 Å². The van der Waals surface area contributed by atoms with Crippen LogP contribution in [0.3, 0.4) is 0 Å². The summed E-state index contributed by atoms with van der Waals surface area (Å²) in [6, 6.07) is 3.89. The molecule has 9 nitrogen and oxygen atoms in total. The molecule has 1 fully saturated rings. The average Bonchev–Trinajstić information content (AvgIpc) is 2.52. The molecule has 0 amide bonds. The summed E-state index contributed by atoms with van der Waals surface area (Å²) in [5.74, 6) is 0.353. The summed E-state index contributed by atoms with van der Waals surface area (Å²) < 4.78 is 22.7. The van der Waals surface area contributed by atoms with Crippen LogP contribution >= 0.6 is 15.2 Å². The van der Waals surface area contributed by atoms with Gasteiger partial charge in [-0.2, -0.15) is 0 Å². The van der Waals surface area contributed by atoms with Crippen molar-refractivity contribution < 1.29 is 33.8 Å². The maximum absolute atomic E-state index is 11.3. The van der Waals surface area contributed by atoms with Gasteiger partial charge in [-0.3, -0.25) is 14.1 Å². The molecule has 0 aromatic carbocycles. The highest BCUT2D eigenvalue weighted by atomic mass is 31.2. The SMILES string of the molecule is O=P(O)(O)C(O)(CCN1CCC(c2ccncc2)CC1)P(=O)(O)O. The lowest BCUT2D eigenvalue weighted by molar-refractivity contribution is 0.102. The van der Waals surface area contributed by atoms with E-state index < -0.39 is 26.7 Å². The second-order valence-electron chi connectivity index (χ2n) is 6.01. The first-order chi connectivity index (χ1) is 11.0. The second kappa shape index (κ2) is 7.32. The summed E-state index contributed by atoms with van der Waals surface area (Å²) >= 11 is 0. The van der Waals surface area contributed by atoms with Crippen molar-refractivity contribution in [3.8, 4) is 0 Å². The summed E-state index contributed by atoms with van der Waals surface area (Å²) in [7, 11) is -10.8. The minimum absolute atomic E-state index is 0.00418. The van der Waals surface area contributed by atoms with Gasteiger partial charge in [0.1, 0.15) is 0 Å². The van der Waals surface area contributed by atoms with E-state index >= 15 is 0 Å². The molecule has 136 valence electrons. The van der Waals surface area contributed by atoms with Gasteiger partial charge >= 0.3 is 15.2 Å². The van der Waals surface area contributed by atoms with E-state index in [1.54, 1.807) is 12.4 Å². The van der Waals surface area contributed by atoms with Crippen molar-refractivity contribution in [3.05, 3.63) is 30.1 Å². The van der Waals surface area contributed by atoms with E-state index in [9.17, 15) is 14.2 Å². The quantitative estimate of drug-likeness (QED) is 0.448. The molecule has 0 radical (unpaired) electrons. The smallest absolute Gasteiger partial charge is 0.367 e. The van der Waals surface area contributed by atoms with Crippen LogP contribution in [-0.2, 0) is 9.13 Å². The Kier molecular flexibility index (Phi) is 6.00. The monoisotopic (exact) mass is 380 g/mol. The van der Waals surface area contributed by atoms with Crippen LogP contribution < -0.4 is 0 Å². The van der Waals surface area contributed by atoms with Crippen LogP contribution in [-0.4, -0.2) is 59.3 Å². The van der Waals surface area contributed by atoms with Crippen molar-refractivity contribution in [2.45, 2.75) is 30.3 Å². The maximum atomic E-state index is 11.3. The Bertz CT molecular complexity index is 615. The van der Waals surface area contributed by atoms with Gasteiger partial charge in [0.05, 0.1) is 0 Å². The van der Waals surface area contributed by atoms with Gasteiger partial charge in [0.2, 0.25) is 0 Å². The summed E-state index contributed by atoms with van der Waals surface area (Å²) in [4.78, 5) is 42.4. The predicted octanol–water partition coefficient (Wildman–Crippen LogP) is 0.653. The lowest BCUT2D eigenvalue weighted by Crippen LogP contribution is -2.38. The van der Waals surface area contributed by atoms with E-state index in [-0.39, 0.29) is 6.54 Å². The highest BCUT2D eigenvalue weighted by molar-refractivity contribution is 7.72. The molecule has 1 aromatic heterocycles. The fourth-order valence-corrected chi connectivity index (χ4v) is 5.03. The Hall–Kier alpha value is -0.630. The second-order valence-corrected chi connectivity index (χ2v) is 10.0. The van der Waals surface area contributed by atoms with Crippen molar-refractivity contribution in [2.24, 2.45) is 0 Å². The number of piperidine rings is 1. The Labute approximate surface area is 139 Å². The van der Waals surface area contributed by atoms with E-state index in [0.29, 0.717) is 19.0 Å². The lowest BCUT2D eigenvalue weighted by Gasteiger charge is -2.35. The van der Waals surface area contributed by atoms with Gasteiger partial charge in [0, 0.05) is 25.4 Å². The van der Waals surface area contributed by atoms with Crippen LogP contribution in [0.15, 0.2) is 24.5 Å². The Morgan fingerprint density at radius 1 is 1.08 bits per heavy atom. The average molecular weight is 380 g/mol. The van der Waals surface area contributed by atoms with Crippen molar-refractivity contribution in [2.75, 3.05) is 19.6 Å². The third-order valence-electron chi connectivity index (χ3n) is 4.46. The van der Waals surface area contributed by atoms with Gasteiger partial charge in [0.25, 0.3) is 5.08 Å². The van der Waals surface area contributed by atoms with Crippen molar-refractivity contribution in [1.29, 1.82) is 0 Å². The standard InChI is InChI=1S/C13H22N2O7P2/c16-13(23(17,18)19,24(20,21)22)5-10-15-8-3-12(4-9-15)11-1-6-14-7-2-11/h1-2,6-7,12,16H,3-5,8-10H2,(H2,17,18,19)(H2,20,21,22). The van der Waals surface area contributed by atoms with Gasteiger partial charge in [-0.1, -0.05) is 0 Å². The molecule has 1 aliphatic rings. The van der Waals surface area contributed by atoms with Gasteiger partial charge in [0.15, 0.2) is 0 Å². The minimum atomic E-state index is -5.38. The van der Waals surface area contributed by atoms with Gasteiger partial charge in [-0.15, -0.1) is 0 Å². The highest BCUT2D eigenvalue weighted by Crippen LogP contribution is 2.68. The molecule has 5 N–H and O–H groups in total. The van der Waals surface area contributed by atoms with Crippen LogP contribution in [0.2, 0.25) is 0 Å². The number of aromatic nitrogens is 1. The predicted molar refractivity (Wildman–Crippen MR) is 86.3 cm³/mol. The number of hydrogen-bond donors (Lipinski definition) is 5. The molecule has 0 bridgehead atoms. The molecule has 0 spiro atoms. The van der Waals surface area contributed by atoms with Gasteiger partial charge in [-0.25, -0.2) is 0 Å². The molecule has 0 atom stereocenters. The fraction of sp³-hybridized carbons (Fsp3) is 0.615. The number of aliphatic hydroxyl groups is 1. The summed E-state index contributed by atoms with van der Waals surface area (Å²) in [5, 5.41) is 6.55. The number of hydrogen-bond acceptors (Lipinski definition) is 5. The van der Waals surface area contributed by atoms with E-state index in [2.05, 4.69) is 4.98 Å².